The fourth-order valence-electron chi connectivity index (χ4n) is 10.9. The van der Waals surface area contributed by atoms with Gasteiger partial charge in [0.15, 0.2) is 0 Å². The van der Waals surface area contributed by atoms with Gasteiger partial charge in [-0.15, -0.1) is 11.8 Å². The number of thioether (sulfide) groups is 1. The van der Waals surface area contributed by atoms with E-state index in [1.54, 1.807) is 18.7 Å². The Morgan fingerprint density at radius 3 is 2.42 bits per heavy atom. The molecule has 4 aliphatic rings. The van der Waals surface area contributed by atoms with Gasteiger partial charge in [0.2, 0.25) is 0 Å². The fraction of sp³-hybridized carbons (Fsp3) is 0.842. The standard InChI is InChI=1S/C38H61NO5S/c1-25(2)10-9-11-26(3)29-13-14-30-28-21-38(43,24-45-33-12-7-8-19-39-33)32-20-27(44-34(42)35(4,22-40)23-41)15-17-37(32,6)31(28)16-18-36(29,30)5/h7-8,12,19,25-32,40-41,43H,9-11,13-18,20-24H2,1-6H3/t26-,27+,28?,29-,30?,31?,32+,36-,37-,38+/m1/s1. The van der Waals surface area contributed by atoms with Gasteiger partial charge in [-0.2, -0.15) is 0 Å². The summed E-state index contributed by atoms with van der Waals surface area (Å²) in [5.74, 6) is 4.01. The van der Waals surface area contributed by atoms with Crippen LogP contribution in [0.25, 0.3) is 0 Å². The number of carbonyl (C=O) groups excluding carboxylic acids is 1. The molecule has 5 rings (SSSR count). The van der Waals surface area contributed by atoms with Crippen molar-refractivity contribution in [3.05, 3.63) is 24.4 Å². The van der Waals surface area contributed by atoms with Crippen molar-refractivity contribution in [1.82, 2.24) is 4.98 Å². The predicted octanol–water partition coefficient (Wildman–Crippen LogP) is 7.54. The van der Waals surface area contributed by atoms with Crippen molar-refractivity contribution in [3.63, 3.8) is 0 Å². The Kier molecular flexibility index (Phi) is 10.8. The largest absolute Gasteiger partial charge is 0.462 e. The van der Waals surface area contributed by atoms with E-state index in [9.17, 15) is 20.1 Å². The monoisotopic (exact) mass is 643 g/mol. The van der Waals surface area contributed by atoms with Gasteiger partial charge >= 0.3 is 5.97 Å². The number of nitrogens with zero attached hydrogens (tertiary/aromatic N) is 1. The number of esters is 1. The lowest BCUT2D eigenvalue weighted by atomic mass is 9.41. The van der Waals surface area contributed by atoms with E-state index in [1.165, 1.54) is 44.9 Å². The molecule has 6 nitrogen and oxygen atoms in total. The summed E-state index contributed by atoms with van der Waals surface area (Å²) in [5.41, 5.74) is -1.92. The third kappa shape index (κ3) is 6.76. The predicted molar refractivity (Wildman–Crippen MR) is 181 cm³/mol. The van der Waals surface area contributed by atoms with Gasteiger partial charge in [-0.1, -0.05) is 59.9 Å². The molecule has 7 heteroatoms. The quantitative estimate of drug-likeness (QED) is 0.160. The Morgan fingerprint density at radius 2 is 1.76 bits per heavy atom. The van der Waals surface area contributed by atoms with E-state index in [0.717, 1.165) is 42.0 Å². The van der Waals surface area contributed by atoms with Crippen LogP contribution in [0.3, 0.4) is 0 Å². The minimum atomic E-state index is -1.32. The summed E-state index contributed by atoms with van der Waals surface area (Å²) in [6.07, 6.45) is 13.7. The minimum absolute atomic E-state index is 0.0000321. The van der Waals surface area contributed by atoms with Gasteiger partial charge < -0.3 is 20.1 Å². The highest BCUT2D eigenvalue weighted by Crippen LogP contribution is 2.70. The van der Waals surface area contributed by atoms with Gasteiger partial charge in [-0.25, -0.2) is 4.98 Å². The molecule has 3 N–H and O–H groups in total. The molecule has 4 aliphatic carbocycles. The van der Waals surface area contributed by atoms with Crippen LogP contribution in [0, 0.1) is 57.7 Å². The maximum absolute atomic E-state index is 13.1. The van der Waals surface area contributed by atoms with E-state index in [-0.39, 0.29) is 17.4 Å². The summed E-state index contributed by atoms with van der Waals surface area (Å²) in [4.78, 5) is 17.6. The molecule has 0 radical (unpaired) electrons. The molecule has 0 saturated heterocycles. The van der Waals surface area contributed by atoms with Gasteiger partial charge in [-0.3, -0.25) is 4.79 Å². The summed E-state index contributed by atoms with van der Waals surface area (Å²) in [7, 11) is 0. The molecule has 4 saturated carbocycles. The highest BCUT2D eigenvalue weighted by atomic mass is 32.2. The molecular weight excluding hydrogens is 582 g/mol. The lowest BCUT2D eigenvalue weighted by Crippen LogP contribution is -2.64. The Morgan fingerprint density at radius 1 is 1.04 bits per heavy atom. The highest BCUT2D eigenvalue weighted by Gasteiger charge is 2.66. The molecule has 0 amide bonds. The van der Waals surface area contributed by atoms with Gasteiger partial charge in [0.1, 0.15) is 11.5 Å². The van der Waals surface area contributed by atoms with Gasteiger partial charge in [0.25, 0.3) is 0 Å². The molecule has 45 heavy (non-hydrogen) atoms. The van der Waals surface area contributed by atoms with Crippen molar-refractivity contribution in [2.75, 3.05) is 19.0 Å². The SMILES string of the molecule is CC(C)CCC[C@@H](C)[C@H]1CCC2C3C[C@](O)(CSc4ccccn4)[C@H]4C[C@@H](OC(=O)C(C)(CO)CO)CC[C@]4(C)C3CC[C@@]21C. The molecule has 1 heterocycles. The Bertz CT molecular complexity index is 1140. The normalized spacial score (nSPS) is 38.7. The van der Waals surface area contributed by atoms with E-state index in [0.29, 0.717) is 35.3 Å². The molecule has 4 fully saturated rings. The number of carbonyl (C=O) groups is 1. The lowest BCUT2D eigenvalue weighted by molar-refractivity contribution is -0.215. The second-order valence-corrected chi connectivity index (χ2v) is 17.9. The van der Waals surface area contributed by atoms with Crippen LogP contribution in [0.2, 0.25) is 0 Å². The zero-order valence-electron chi connectivity index (χ0n) is 28.8. The van der Waals surface area contributed by atoms with Gasteiger partial charge in [0, 0.05) is 11.9 Å². The Hall–Kier alpha value is -1.15. The number of aliphatic hydroxyl groups excluding tert-OH is 2. The summed E-state index contributed by atoms with van der Waals surface area (Å²) in [6.45, 7) is 12.9. The Labute approximate surface area is 276 Å². The van der Waals surface area contributed by atoms with Crippen LogP contribution in [0.15, 0.2) is 29.4 Å². The molecule has 10 atom stereocenters. The maximum atomic E-state index is 13.1. The maximum Gasteiger partial charge on any atom is 0.316 e. The third-order valence-electron chi connectivity index (χ3n) is 13.6. The van der Waals surface area contributed by atoms with E-state index in [4.69, 9.17) is 4.74 Å². The first-order valence-corrected chi connectivity index (χ1v) is 19.0. The molecule has 0 spiro atoms. The number of hydrogen-bond acceptors (Lipinski definition) is 7. The number of pyridine rings is 1. The second kappa shape index (κ2) is 13.8. The molecule has 254 valence electrons. The van der Waals surface area contributed by atoms with Gasteiger partial charge in [-0.05, 0) is 123 Å². The summed E-state index contributed by atoms with van der Waals surface area (Å²) >= 11 is 1.65. The molecule has 0 bridgehead atoms. The summed E-state index contributed by atoms with van der Waals surface area (Å²) in [5, 5.41) is 33.5. The van der Waals surface area contributed by atoms with Crippen LogP contribution in [-0.4, -0.2) is 56.9 Å². The smallest absolute Gasteiger partial charge is 0.316 e. The van der Waals surface area contributed by atoms with Crippen molar-refractivity contribution in [2.45, 2.75) is 129 Å². The van der Waals surface area contributed by atoms with E-state index >= 15 is 0 Å². The van der Waals surface area contributed by atoms with Crippen LogP contribution in [0.4, 0.5) is 0 Å². The van der Waals surface area contributed by atoms with Crippen LogP contribution in [0.5, 0.6) is 0 Å². The van der Waals surface area contributed by atoms with Crippen LogP contribution in [0.1, 0.15) is 112 Å². The second-order valence-electron chi connectivity index (χ2n) is 16.9. The Balaban J connectivity index is 1.40. The third-order valence-corrected chi connectivity index (χ3v) is 14.8. The van der Waals surface area contributed by atoms with Crippen molar-refractivity contribution >= 4 is 17.7 Å². The number of rotatable bonds is 12. The molecule has 0 aromatic carbocycles. The van der Waals surface area contributed by atoms with Crippen molar-refractivity contribution in [2.24, 2.45) is 57.7 Å². The number of hydrogen-bond donors (Lipinski definition) is 3. The number of fused-ring (bicyclic) bond motifs is 5. The number of aliphatic hydroxyl groups is 3. The highest BCUT2D eigenvalue weighted by molar-refractivity contribution is 7.99. The average molecular weight is 644 g/mol. The van der Waals surface area contributed by atoms with Crippen LogP contribution in [-0.2, 0) is 9.53 Å². The fourth-order valence-corrected chi connectivity index (χ4v) is 11.9. The topological polar surface area (TPSA) is 99.9 Å². The van der Waals surface area contributed by atoms with Crippen LogP contribution < -0.4 is 0 Å². The first-order valence-electron chi connectivity index (χ1n) is 18.0. The van der Waals surface area contributed by atoms with Gasteiger partial charge in [0.05, 0.1) is 23.8 Å². The molecule has 1 aromatic heterocycles. The van der Waals surface area contributed by atoms with E-state index in [1.807, 2.05) is 24.4 Å². The summed E-state index contributed by atoms with van der Waals surface area (Å²) in [6, 6.07) is 5.95. The van der Waals surface area contributed by atoms with E-state index < -0.39 is 30.2 Å². The molecule has 1 aromatic rings. The minimum Gasteiger partial charge on any atom is -0.462 e. The van der Waals surface area contributed by atoms with Crippen molar-refractivity contribution < 1.29 is 24.9 Å². The number of aromatic nitrogens is 1. The first kappa shape index (κ1) is 35.2. The van der Waals surface area contributed by atoms with E-state index in [2.05, 4.69) is 39.6 Å². The molecule has 3 unspecified atom stereocenters. The zero-order valence-corrected chi connectivity index (χ0v) is 29.7. The number of ether oxygens (including phenoxy) is 1. The zero-order chi connectivity index (χ0) is 32.6. The molecular formula is C38H61NO5S. The average Bonchev–Trinajstić information content (AvgIpc) is 3.38. The molecule has 0 aliphatic heterocycles. The first-order chi connectivity index (χ1) is 21.3. The summed E-state index contributed by atoms with van der Waals surface area (Å²) < 4.78 is 6.01. The van der Waals surface area contributed by atoms with Crippen LogP contribution >= 0.6 is 11.8 Å². The lowest BCUT2D eigenvalue weighted by Gasteiger charge is -2.65. The van der Waals surface area contributed by atoms with Crippen molar-refractivity contribution in [1.29, 1.82) is 0 Å². The van der Waals surface area contributed by atoms with Crippen molar-refractivity contribution in [3.8, 4) is 0 Å².